The molecule has 0 amide bonds. The summed E-state index contributed by atoms with van der Waals surface area (Å²) in [5.74, 6) is 0. The number of hydrogen-bond donors (Lipinski definition) is 3. The highest BCUT2D eigenvalue weighted by Gasteiger charge is 2.55. The molecule has 17 heteroatoms. The van der Waals surface area contributed by atoms with Gasteiger partial charge in [0.2, 0.25) is 0 Å². The third kappa shape index (κ3) is 23.7. The van der Waals surface area contributed by atoms with Crippen LogP contribution in [0.15, 0.2) is 0 Å². The van der Waals surface area contributed by atoms with Gasteiger partial charge in [-0.15, -0.1) is 0 Å². The van der Waals surface area contributed by atoms with Crippen molar-refractivity contribution in [1.29, 1.82) is 0 Å². The average molecular weight is 667 g/mol. The highest BCUT2D eigenvalue weighted by atomic mass is 32.3. The molecule has 0 aliphatic rings. The molecular formula is C25H54F6N5O4S2+. The average Bonchev–Trinajstić information content (AvgIpc) is 2.82. The molecule has 0 aliphatic carbocycles. The van der Waals surface area contributed by atoms with E-state index in [9.17, 15) is 43.2 Å². The quantitative estimate of drug-likeness (QED) is 0.0821. The molecule has 5 N–H and O–H groups in total. The smallest absolute Gasteiger partial charge is 0.331 e. The van der Waals surface area contributed by atoms with Crippen molar-refractivity contribution in [2.24, 2.45) is 11.5 Å². The van der Waals surface area contributed by atoms with Crippen molar-refractivity contribution in [3.05, 3.63) is 0 Å². The molecule has 0 heterocycles. The number of quaternary nitrogens is 1. The molecule has 0 atom stereocenters. The Bertz CT molecular complexity index is 829. The van der Waals surface area contributed by atoms with Crippen LogP contribution in [-0.2, 0) is 20.0 Å². The molecule has 9 nitrogen and oxygen atoms in total. The lowest BCUT2D eigenvalue weighted by Gasteiger charge is -2.23. The van der Waals surface area contributed by atoms with E-state index in [1.807, 2.05) is 0 Å². The van der Waals surface area contributed by atoms with Crippen molar-refractivity contribution >= 4 is 20.0 Å². The molecule has 0 radical (unpaired) electrons. The van der Waals surface area contributed by atoms with Crippen LogP contribution in [0.2, 0.25) is 0 Å². The van der Waals surface area contributed by atoms with Gasteiger partial charge in [0.25, 0.3) is 0 Å². The van der Waals surface area contributed by atoms with Crippen molar-refractivity contribution < 1.29 is 47.7 Å². The van der Waals surface area contributed by atoms with Gasteiger partial charge in [0.1, 0.15) is 0 Å². The minimum absolute atomic E-state index is 0.493. The summed E-state index contributed by atoms with van der Waals surface area (Å²) < 4.78 is 109. The lowest BCUT2D eigenvalue weighted by molar-refractivity contribution is -0.870. The summed E-state index contributed by atoms with van der Waals surface area (Å²) in [6, 6.07) is 0. The van der Waals surface area contributed by atoms with E-state index in [1.54, 1.807) is 0 Å². The largest absolute Gasteiger partial charge is 0.512 e. The Morgan fingerprint density at radius 3 is 1.12 bits per heavy atom. The monoisotopic (exact) mass is 666 g/mol. The van der Waals surface area contributed by atoms with Crippen molar-refractivity contribution in [3.63, 3.8) is 0 Å². The Labute approximate surface area is 249 Å². The van der Waals surface area contributed by atoms with Crippen LogP contribution >= 0.6 is 0 Å². The Morgan fingerprint density at radius 1 is 0.548 bits per heavy atom. The molecule has 42 heavy (non-hydrogen) atoms. The fraction of sp³-hybridized carbons (Fsp3) is 1.00. The van der Waals surface area contributed by atoms with Gasteiger partial charge in [-0.05, 0) is 77.7 Å². The summed E-state index contributed by atoms with van der Waals surface area (Å²) in [6.45, 7) is 6.67. The molecule has 0 aromatic carbocycles. The minimum Gasteiger partial charge on any atom is -0.331 e. The van der Waals surface area contributed by atoms with E-state index in [1.165, 1.54) is 103 Å². The van der Waals surface area contributed by atoms with E-state index >= 15 is 0 Å². The van der Waals surface area contributed by atoms with E-state index in [-0.39, 0.29) is 0 Å². The Hall–Kier alpha value is -0.720. The Morgan fingerprint density at radius 2 is 0.833 bits per heavy atom. The SMILES string of the molecule is C[N+](C)(C)CCCCCCCCCCCCN(CCCCN)CCCCN.O=S(=O)(NS(=O)(=O)C(F)(F)F)C(F)(F)F. The van der Waals surface area contributed by atoms with Gasteiger partial charge in [0, 0.05) is 0 Å². The van der Waals surface area contributed by atoms with Gasteiger partial charge in [0.05, 0.1) is 27.7 Å². The van der Waals surface area contributed by atoms with E-state index in [2.05, 4.69) is 26.0 Å². The fourth-order valence-electron chi connectivity index (χ4n) is 3.87. The number of alkyl halides is 6. The number of unbranched alkanes of at least 4 members (excludes halogenated alkanes) is 11. The Kier molecular flexibility index (Phi) is 22.6. The van der Waals surface area contributed by atoms with Gasteiger partial charge in [-0.3, -0.25) is 0 Å². The lowest BCUT2D eigenvalue weighted by atomic mass is 10.1. The third-order valence-corrected chi connectivity index (χ3v) is 9.21. The van der Waals surface area contributed by atoms with Crippen LogP contribution in [0.5, 0.6) is 0 Å². The molecule has 256 valence electrons. The molecule has 0 aliphatic heterocycles. The molecule has 0 rings (SSSR count). The molecule has 0 saturated heterocycles. The minimum atomic E-state index is -6.60. The number of nitrogens with two attached hydrogens (primary N) is 2. The summed E-state index contributed by atoms with van der Waals surface area (Å²) in [6.07, 6.45) is 18.9. The molecule has 0 aromatic heterocycles. The van der Waals surface area contributed by atoms with Gasteiger partial charge in [-0.2, -0.15) is 26.3 Å². The van der Waals surface area contributed by atoms with Crippen molar-refractivity contribution in [2.75, 3.05) is 60.4 Å². The van der Waals surface area contributed by atoms with Crippen LogP contribution in [0.3, 0.4) is 0 Å². The van der Waals surface area contributed by atoms with Gasteiger partial charge in [-0.25, -0.2) is 16.8 Å². The predicted octanol–water partition coefficient (Wildman–Crippen LogP) is 4.65. The summed E-state index contributed by atoms with van der Waals surface area (Å²) in [7, 11) is -6.32. The summed E-state index contributed by atoms with van der Waals surface area (Å²) in [5.41, 5.74) is -1.03. The first kappa shape index (κ1) is 43.4. The standard InChI is InChI=1S/C23H53N4.C2HF6NO4S2/c1-27(2,3)23-17-11-9-7-5-4-6-8-10-14-20-26(21-15-12-18-24)22-16-13-19-25;3-1(4,5)14(10,11)9-15(12,13)2(6,7)8/h4-25H2,1-3H3;9H/q+1;. The number of hydrogen-bond acceptors (Lipinski definition) is 7. The second-order valence-electron chi connectivity index (χ2n) is 11.4. The van der Waals surface area contributed by atoms with Crippen LogP contribution in [0.4, 0.5) is 26.3 Å². The maximum atomic E-state index is 11.5. The lowest BCUT2D eigenvalue weighted by Crippen LogP contribution is -2.45. The van der Waals surface area contributed by atoms with E-state index in [0.717, 1.165) is 30.4 Å². The van der Waals surface area contributed by atoms with E-state index in [4.69, 9.17) is 11.5 Å². The number of nitrogens with zero attached hydrogens (tertiary/aromatic N) is 2. The molecule has 0 saturated carbocycles. The van der Waals surface area contributed by atoms with Gasteiger partial charge >= 0.3 is 31.1 Å². The maximum absolute atomic E-state index is 11.5. The number of sulfonamides is 2. The fourth-order valence-corrected chi connectivity index (χ4v) is 5.78. The van der Waals surface area contributed by atoms with Gasteiger partial charge in [0.15, 0.2) is 0 Å². The zero-order chi connectivity index (χ0) is 32.9. The van der Waals surface area contributed by atoms with Crippen LogP contribution in [0, 0.1) is 0 Å². The first-order valence-corrected chi connectivity index (χ1v) is 17.5. The molecule has 0 unspecified atom stereocenters. The highest BCUT2D eigenvalue weighted by Crippen LogP contribution is 2.27. The number of nitrogens with one attached hydrogen (secondary N) is 1. The molecule has 0 aromatic rings. The summed E-state index contributed by atoms with van der Waals surface area (Å²) in [5, 5.41) is 0. The molecule has 0 bridgehead atoms. The van der Waals surface area contributed by atoms with Gasteiger partial charge in [-0.1, -0.05) is 49.1 Å². The topological polar surface area (TPSA) is 136 Å². The molecule has 0 spiro atoms. The summed E-state index contributed by atoms with van der Waals surface area (Å²) >= 11 is 0. The van der Waals surface area contributed by atoms with Crippen molar-refractivity contribution in [1.82, 2.24) is 9.03 Å². The zero-order valence-electron chi connectivity index (χ0n) is 25.4. The van der Waals surface area contributed by atoms with Crippen LogP contribution < -0.4 is 15.6 Å². The molecule has 0 fully saturated rings. The van der Waals surface area contributed by atoms with Crippen LogP contribution in [0.25, 0.3) is 0 Å². The van der Waals surface area contributed by atoms with E-state index < -0.39 is 35.2 Å². The normalized spacial score (nSPS) is 13.3. The third-order valence-electron chi connectivity index (χ3n) is 6.24. The van der Waals surface area contributed by atoms with Crippen LogP contribution in [-0.4, -0.2) is 97.6 Å². The van der Waals surface area contributed by atoms with Gasteiger partial charge < -0.3 is 20.9 Å². The maximum Gasteiger partial charge on any atom is 0.512 e. The Balaban J connectivity index is 0. The van der Waals surface area contributed by atoms with Crippen molar-refractivity contribution in [3.8, 4) is 0 Å². The highest BCUT2D eigenvalue weighted by molar-refractivity contribution is 8.05. The van der Waals surface area contributed by atoms with Crippen LogP contribution in [0.1, 0.15) is 89.9 Å². The van der Waals surface area contributed by atoms with Crippen molar-refractivity contribution in [2.45, 2.75) is 101 Å². The summed E-state index contributed by atoms with van der Waals surface area (Å²) in [4.78, 5) is 2.64. The number of halogens is 6. The first-order chi connectivity index (χ1) is 19.2. The second-order valence-corrected chi connectivity index (χ2v) is 15.0. The predicted molar refractivity (Wildman–Crippen MR) is 155 cm³/mol. The van der Waals surface area contributed by atoms with E-state index in [0.29, 0.717) is 0 Å². The first-order valence-electron chi connectivity index (χ1n) is 14.5. The number of rotatable bonds is 23. The second kappa shape index (κ2) is 21.9. The molecular weight excluding hydrogens is 612 g/mol. The zero-order valence-corrected chi connectivity index (χ0v) is 27.0.